The third-order valence-electron chi connectivity index (χ3n) is 5.85. The van der Waals surface area contributed by atoms with E-state index in [2.05, 4.69) is 99.7 Å². The molecule has 0 aromatic carbocycles. The van der Waals surface area contributed by atoms with Crippen LogP contribution in [0.25, 0.3) is 0 Å². The second kappa shape index (κ2) is 27.2. The van der Waals surface area contributed by atoms with E-state index < -0.39 is 15.1 Å². The van der Waals surface area contributed by atoms with Crippen molar-refractivity contribution in [3.8, 4) is 0 Å². The maximum atomic E-state index is 5.71. The quantitative estimate of drug-likeness (QED) is 0.138. The number of halogens is 3. The maximum Gasteiger partial charge on any atom is 0.251 e. The van der Waals surface area contributed by atoms with Gasteiger partial charge in [0, 0.05) is 42.3 Å². The van der Waals surface area contributed by atoms with Crippen LogP contribution in [0.4, 0.5) is 0 Å². The molecule has 0 bridgehead atoms. The molecule has 230 valence electrons. The van der Waals surface area contributed by atoms with Crippen molar-refractivity contribution >= 4 is 49.7 Å². The van der Waals surface area contributed by atoms with Gasteiger partial charge in [0.2, 0.25) is 8.40 Å². The Balaban J connectivity index is -0.000000192. The van der Waals surface area contributed by atoms with E-state index >= 15 is 0 Å². The molecule has 2 saturated heterocycles. The van der Waals surface area contributed by atoms with E-state index in [1.165, 1.54) is 69.2 Å². The summed E-state index contributed by atoms with van der Waals surface area (Å²) >= 11 is 11.4. The van der Waals surface area contributed by atoms with Crippen molar-refractivity contribution in [3.05, 3.63) is 0 Å². The molecular formula is C24H65Cl3N8Si2. The highest BCUT2D eigenvalue weighted by molar-refractivity contribution is 7.46. The zero-order valence-corrected chi connectivity index (χ0v) is 30.8. The van der Waals surface area contributed by atoms with E-state index in [9.17, 15) is 0 Å². The SMILES string of the molecule is CCN(CC)CC.CCN(CC)CC.CN(C)N.CN(C)N[Si]1(NN(C)C)CCC1.Cl.Cl[Si]1(Cl)CCC1. The summed E-state index contributed by atoms with van der Waals surface area (Å²) in [6.07, 6.45) is 2.63. The molecule has 0 unspecified atom stereocenters. The van der Waals surface area contributed by atoms with E-state index in [1.807, 2.05) is 0 Å². The summed E-state index contributed by atoms with van der Waals surface area (Å²) in [4.78, 5) is 4.75. The number of nitrogens with two attached hydrogens (primary N) is 1. The van der Waals surface area contributed by atoms with Crippen molar-refractivity contribution in [1.82, 2.24) is 35.0 Å². The highest BCUT2D eigenvalue weighted by Gasteiger charge is 2.41. The summed E-state index contributed by atoms with van der Waals surface area (Å²) in [5.74, 6) is 4.94. The van der Waals surface area contributed by atoms with E-state index in [4.69, 9.17) is 28.0 Å². The molecule has 0 atom stereocenters. The second-order valence-electron chi connectivity index (χ2n) is 9.86. The third-order valence-corrected chi connectivity index (χ3v) is 14.5. The molecule has 2 aliphatic rings. The van der Waals surface area contributed by atoms with Gasteiger partial charge >= 0.3 is 0 Å². The van der Waals surface area contributed by atoms with Gasteiger partial charge in [-0.1, -0.05) is 54.4 Å². The lowest BCUT2D eigenvalue weighted by molar-refractivity contribution is 0.302. The molecule has 2 rings (SSSR count). The van der Waals surface area contributed by atoms with Gasteiger partial charge in [-0.2, -0.15) is 0 Å². The largest absolute Gasteiger partial charge is 0.304 e. The summed E-state index contributed by atoms with van der Waals surface area (Å²) in [6.45, 7) is 18.7. The summed E-state index contributed by atoms with van der Waals surface area (Å²) in [7, 11) is 10.5. The van der Waals surface area contributed by atoms with Crippen molar-refractivity contribution in [2.45, 2.75) is 78.6 Å². The Morgan fingerprint density at radius 2 is 0.811 bits per heavy atom. The molecule has 37 heavy (non-hydrogen) atoms. The molecule has 0 aromatic rings. The normalized spacial score (nSPS) is 16.5. The monoisotopic (exact) mass is 626 g/mol. The number of nitrogens with zero attached hydrogens (tertiary/aromatic N) is 5. The average molecular weight is 628 g/mol. The van der Waals surface area contributed by atoms with Crippen LogP contribution in [-0.2, 0) is 0 Å². The zero-order chi connectivity index (χ0) is 28.8. The summed E-state index contributed by atoms with van der Waals surface area (Å²) in [5.41, 5.74) is 0. The number of nitrogens with one attached hydrogen (secondary N) is 2. The Bertz CT molecular complexity index is 424. The molecule has 0 radical (unpaired) electrons. The molecular weight excluding hydrogens is 563 g/mol. The van der Waals surface area contributed by atoms with Gasteiger partial charge in [-0.15, -0.1) is 34.6 Å². The van der Waals surface area contributed by atoms with Crippen molar-refractivity contribution in [2.75, 3.05) is 81.6 Å². The Labute approximate surface area is 249 Å². The topological polar surface area (TPSA) is 66.3 Å². The molecule has 8 nitrogen and oxygen atoms in total. The van der Waals surface area contributed by atoms with Crippen molar-refractivity contribution in [2.24, 2.45) is 5.84 Å². The molecule has 0 saturated carbocycles. The van der Waals surface area contributed by atoms with Gasteiger partial charge in [-0.05, 0) is 63.4 Å². The molecule has 0 spiro atoms. The van der Waals surface area contributed by atoms with E-state index in [0.717, 1.165) is 12.1 Å². The lowest BCUT2D eigenvalue weighted by Crippen LogP contribution is -2.72. The van der Waals surface area contributed by atoms with Crippen LogP contribution in [0.5, 0.6) is 0 Å². The number of hydrazine groups is 3. The van der Waals surface area contributed by atoms with Gasteiger partial charge in [-0.3, -0.25) is 31.1 Å². The first-order chi connectivity index (χ1) is 16.7. The fourth-order valence-corrected chi connectivity index (χ4v) is 9.18. The zero-order valence-electron chi connectivity index (χ0n) is 26.5. The van der Waals surface area contributed by atoms with Crippen molar-refractivity contribution in [1.29, 1.82) is 0 Å². The molecule has 2 heterocycles. The first-order valence-corrected chi connectivity index (χ1v) is 20.7. The van der Waals surface area contributed by atoms with Crippen LogP contribution in [-0.4, -0.2) is 121 Å². The average Bonchev–Trinajstić information content (AvgIpc) is 2.74. The Kier molecular flexibility index (Phi) is 33.0. The fourth-order valence-electron chi connectivity index (χ4n) is 3.42. The van der Waals surface area contributed by atoms with Crippen LogP contribution in [0.1, 0.15) is 54.4 Å². The van der Waals surface area contributed by atoms with Crippen LogP contribution in [0, 0.1) is 0 Å². The molecule has 2 aliphatic heterocycles. The predicted molar refractivity (Wildman–Crippen MR) is 177 cm³/mol. The smallest absolute Gasteiger partial charge is 0.251 e. The third kappa shape index (κ3) is 29.8. The van der Waals surface area contributed by atoms with Crippen molar-refractivity contribution < 1.29 is 0 Å². The maximum absolute atomic E-state index is 5.71. The summed E-state index contributed by atoms with van der Waals surface area (Å²) in [5, 5.41) is 12.7. The van der Waals surface area contributed by atoms with Gasteiger partial charge < -0.3 is 9.80 Å². The minimum atomic E-state index is -1.51. The van der Waals surface area contributed by atoms with Crippen LogP contribution in [0.3, 0.4) is 0 Å². The van der Waals surface area contributed by atoms with E-state index in [0.29, 0.717) is 0 Å². The molecule has 2 fully saturated rings. The number of hydrogen-bond acceptors (Lipinski definition) is 8. The summed E-state index contributed by atoms with van der Waals surface area (Å²) < 4.78 is 0. The highest BCUT2D eigenvalue weighted by atomic mass is 35.7. The van der Waals surface area contributed by atoms with E-state index in [1.54, 1.807) is 14.1 Å². The second-order valence-corrected chi connectivity index (χ2v) is 21.1. The Hall–Kier alpha value is 0.984. The minimum absolute atomic E-state index is 0. The number of hydrogen-bond donors (Lipinski definition) is 3. The number of rotatable bonds is 10. The van der Waals surface area contributed by atoms with Crippen molar-refractivity contribution in [3.63, 3.8) is 0 Å². The van der Waals surface area contributed by atoms with Crippen LogP contribution < -0.4 is 16.0 Å². The molecule has 0 aromatic heterocycles. The summed E-state index contributed by atoms with van der Waals surface area (Å²) in [6, 6.07) is 4.92. The van der Waals surface area contributed by atoms with E-state index in [-0.39, 0.29) is 12.4 Å². The Morgan fingerprint density at radius 1 is 0.595 bits per heavy atom. The molecule has 4 N–H and O–H groups in total. The van der Waals surface area contributed by atoms with Crippen LogP contribution in [0.2, 0.25) is 24.2 Å². The van der Waals surface area contributed by atoms with Crippen LogP contribution >= 0.6 is 34.6 Å². The fraction of sp³-hybridized carbons (Fsp3) is 1.00. The van der Waals surface area contributed by atoms with Gasteiger partial charge in [0.1, 0.15) is 0 Å². The molecule has 13 heteroatoms. The standard InChI is InChI=1S/C7H20N4Si.2C6H15N.C3H6Cl2Si.C2H8N2.ClH/c1-10(2)8-12(6-5-7-12)9-11(3)4;2*1-4-7(5-2)6-3;4-6(5)2-1-3-6;1-4(2)3;/h8-9H,5-7H2,1-4H3;2*4-6H2,1-3H3;1-3H2;3H2,1-2H3;1H. The highest BCUT2D eigenvalue weighted by Crippen LogP contribution is 2.38. The first-order valence-electron chi connectivity index (χ1n) is 13.8. The lowest BCUT2D eigenvalue weighted by Gasteiger charge is -2.43. The molecule has 0 amide bonds. The Morgan fingerprint density at radius 3 is 0.865 bits per heavy atom. The first kappa shape index (κ1) is 45.0. The van der Waals surface area contributed by atoms with Gasteiger partial charge in [0.05, 0.1) is 0 Å². The van der Waals surface area contributed by atoms with Gasteiger partial charge in [0.25, 0.3) is 6.69 Å². The van der Waals surface area contributed by atoms with Crippen LogP contribution in [0.15, 0.2) is 0 Å². The van der Waals surface area contributed by atoms with Gasteiger partial charge in [0.15, 0.2) is 0 Å². The molecule has 0 aliphatic carbocycles. The lowest BCUT2D eigenvalue weighted by atomic mass is 10.5. The predicted octanol–water partition coefficient (Wildman–Crippen LogP) is 4.81. The van der Waals surface area contributed by atoms with Gasteiger partial charge in [-0.25, -0.2) is 0 Å². The minimum Gasteiger partial charge on any atom is -0.304 e.